The van der Waals surface area contributed by atoms with E-state index < -0.39 is 24.5 Å². The first-order valence-corrected chi connectivity index (χ1v) is 11.7. The van der Waals surface area contributed by atoms with Gasteiger partial charge in [0.1, 0.15) is 0 Å². The number of nitrogens with zero attached hydrogens (tertiary/aromatic N) is 1. The minimum Gasteiger partial charge on any atom is -0.454 e. The maximum Gasteiger partial charge on any atom is 0.339 e. The van der Waals surface area contributed by atoms with Gasteiger partial charge >= 0.3 is 12.0 Å². The van der Waals surface area contributed by atoms with Crippen molar-refractivity contribution in [1.29, 1.82) is 0 Å². The highest BCUT2D eigenvalue weighted by molar-refractivity contribution is 6.08. The van der Waals surface area contributed by atoms with Crippen molar-refractivity contribution in [1.82, 2.24) is 15.6 Å². The summed E-state index contributed by atoms with van der Waals surface area (Å²) in [7, 11) is 0. The number of fused-ring (bicyclic) bond motifs is 3. The van der Waals surface area contributed by atoms with Gasteiger partial charge in [0, 0.05) is 11.4 Å². The van der Waals surface area contributed by atoms with Crippen molar-refractivity contribution in [3.63, 3.8) is 0 Å². The summed E-state index contributed by atoms with van der Waals surface area (Å²) < 4.78 is 16.2. The van der Waals surface area contributed by atoms with Crippen LogP contribution in [0.3, 0.4) is 0 Å². The Kier molecular flexibility index (Phi) is 6.28. The van der Waals surface area contributed by atoms with Gasteiger partial charge in [-0.15, -0.1) is 0 Å². The Balaban J connectivity index is 1.42. The molecule has 3 aromatic rings. The quantitative estimate of drug-likeness (QED) is 0.525. The molecule has 184 valence electrons. The SMILES string of the molecule is CC(C)NC(=O)NC(=O)COC(=O)c1c2c(nc3ccccc13)/C(=C/c1ccc3c(c1)OCO3)CC2. The molecule has 1 aliphatic carbocycles. The fraction of sp³-hybridized carbons (Fsp3) is 0.259. The van der Waals surface area contributed by atoms with Crippen molar-refractivity contribution < 1.29 is 28.6 Å². The van der Waals surface area contributed by atoms with Gasteiger partial charge in [-0.2, -0.15) is 0 Å². The number of amides is 3. The molecule has 0 spiro atoms. The minimum absolute atomic E-state index is 0.133. The lowest BCUT2D eigenvalue weighted by Crippen LogP contribution is -2.44. The van der Waals surface area contributed by atoms with Crippen LogP contribution in [-0.2, 0) is 16.0 Å². The molecular formula is C27H25N3O6. The normalized spacial score (nSPS) is 14.7. The lowest BCUT2D eigenvalue weighted by molar-refractivity contribution is -0.123. The number of para-hydroxylation sites is 1. The second kappa shape index (κ2) is 9.69. The minimum atomic E-state index is -0.708. The molecule has 2 heterocycles. The van der Waals surface area contributed by atoms with E-state index in [0.717, 1.165) is 22.4 Å². The molecule has 1 aliphatic heterocycles. The molecule has 0 bridgehead atoms. The van der Waals surface area contributed by atoms with Crippen LogP contribution in [-0.4, -0.2) is 42.3 Å². The Morgan fingerprint density at radius 1 is 1.08 bits per heavy atom. The second-order valence-corrected chi connectivity index (χ2v) is 8.87. The highest BCUT2D eigenvalue weighted by atomic mass is 16.7. The van der Waals surface area contributed by atoms with Crippen LogP contribution < -0.4 is 20.1 Å². The fourth-order valence-electron chi connectivity index (χ4n) is 4.38. The molecule has 0 atom stereocenters. The summed E-state index contributed by atoms with van der Waals surface area (Å²) in [6, 6.07) is 12.3. The molecule has 3 amide bonds. The van der Waals surface area contributed by atoms with Gasteiger partial charge in [-0.1, -0.05) is 24.3 Å². The summed E-state index contributed by atoms with van der Waals surface area (Å²) >= 11 is 0. The van der Waals surface area contributed by atoms with E-state index >= 15 is 0 Å². The van der Waals surface area contributed by atoms with Crippen molar-refractivity contribution in [3.8, 4) is 11.5 Å². The number of nitrogens with one attached hydrogen (secondary N) is 2. The van der Waals surface area contributed by atoms with E-state index in [-0.39, 0.29) is 12.8 Å². The second-order valence-electron chi connectivity index (χ2n) is 8.87. The number of aromatic nitrogens is 1. The van der Waals surface area contributed by atoms with Crippen LogP contribution in [0.15, 0.2) is 42.5 Å². The van der Waals surface area contributed by atoms with Gasteiger partial charge in [-0.3, -0.25) is 10.1 Å². The van der Waals surface area contributed by atoms with E-state index in [4.69, 9.17) is 19.2 Å². The smallest absolute Gasteiger partial charge is 0.339 e. The van der Waals surface area contributed by atoms with Gasteiger partial charge < -0.3 is 19.5 Å². The predicted octanol–water partition coefficient (Wildman–Crippen LogP) is 3.84. The first kappa shape index (κ1) is 23.3. The molecule has 2 aromatic carbocycles. The fourth-order valence-corrected chi connectivity index (χ4v) is 4.38. The van der Waals surface area contributed by atoms with E-state index in [1.54, 1.807) is 13.8 Å². The van der Waals surface area contributed by atoms with Crippen LogP contribution in [0, 0.1) is 0 Å². The van der Waals surface area contributed by atoms with Crippen molar-refractivity contribution in [3.05, 3.63) is 64.8 Å². The van der Waals surface area contributed by atoms with Crippen LogP contribution in [0.1, 0.15) is 47.4 Å². The molecule has 1 aromatic heterocycles. The zero-order valence-electron chi connectivity index (χ0n) is 19.9. The molecule has 5 rings (SSSR count). The van der Waals surface area contributed by atoms with E-state index in [9.17, 15) is 14.4 Å². The zero-order valence-corrected chi connectivity index (χ0v) is 19.9. The van der Waals surface area contributed by atoms with Crippen LogP contribution in [0.4, 0.5) is 4.79 Å². The summed E-state index contributed by atoms with van der Waals surface area (Å²) in [5, 5.41) is 5.36. The molecule has 0 fully saturated rings. The molecule has 9 nitrogen and oxygen atoms in total. The zero-order chi connectivity index (χ0) is 25.2. The van der Waals surface area contributed by atoms with E-state index in [1.807, 2.05) is 48.5 Å². The Morgan fingerprint density at radius 2 is 1.89 bits per heavy atom. The Bertz CT molecular complexity index is 1410. The average molecular weight is 488 g/mol. The van der Waals surface area contributed by atoms with Gasteiger partial charge in [0.05, 0.1) is 16.8 Å². The first-order chi connectivity index (χ1) is 17.4. The number of carbonyl (C=O) groups is 3. The van der Waals surface area contributed by atoms with Crippen LogP contribution in [0.5, 0.6) is 11.5 Å². The van der Waals surface area contributed by atoms with Crippen LogP contribution >= 0.6 is 0 Å². The van der Waals surface area contributed by atoms with Gasteiger partial charge in [0.15, 0.2) is 18.1 Å². The van der Waals surface area contributed by atoms with E-state index in [1.165, 1.54) is 0 Å². The lowest BCUT2D eigenvalue weighted by Gasteiger charge is -2.13. The number of ether oxygens (including phenoxy) is 3. The summed E-state index contributed by atoms with van der Waals surface area (Å²) in [4.78, 5) is 41.9. The predicted molar refractivity (Wildman–Crippen MR) is 133 cm³/mol. The number of imide groups is 1. The summed E-state index contributed by atoms with van der Waals surface area (Å²) in [6.45, 7) is 3.18. The molecule has 0 radical (unpaired) electrons. The van der Waals surface area contributed by atoms with Crippen molar-refractivity contribution in [2.45, 2.75) is 32.7 Å². The monoisotopic (exact) mass is 487 g/mol. The molecule has 9 heteroatoms. The van der Waals surface area contributed by atoms with Crippen molar-refractivity contribution >= 4 is 40.5 Å². The van der Waals surface area contributed by atoms with Crippen LogP contribution in [0.2, 0.25) is 0 Å². The first-order valence-electron chi connectivity index (χ1n) is 11.7. The molecule has 0 saturated heterocycles. The number of carbonyl (C=O) groups excluding carboxylic acids is 3. The number of hydrogen-bond acceptors (Lipinski definition) is 7. The third kappa shape index (κ3) is 4.72. The highest BCUT2D eigenvalue weighted by Gasteiger charge is 2.28. The van der Waals surface area contributed by atoms with Gasteiger partial charge in [-0.05, 0) is 67.7 Å². The maximum absolute atomic E-state index is 13.2. The Morgan fingerprint density at radius 3 is 2.72 bits per heavy atom. The number of rotatable bonds is 5. The molecule has 0 unspecified atom stereocenters. The molecule has 36 heavy (non-hydrogen) atoms. The number of hydrogen-bond donors (Lipinski definition) is 2. The van der Waals surface area contributed by atoms with Crippen molar-refractivity contribution in [2.24, 2.45) is 0 Å². The Hall–Kier alpha value is -4.40. The van der Waals surface area contributed by atoms with Crippen molar-refractivity contribution in [2.75, 3.05) is 13.4 Å². The topological polar surface area (TPSA) is 116 Å². The lowest BCUT2D eigenvalue weighted by atomic mass is 10.0. The number of esters is 1. The summed E-state index contributed by atoms with van der Waals surface area (Å²) in [6.07, 6.45) is 3.34. The molecule has 2 aliphatic rings. The number of allylic oxidation sites excluding steroid dienone is 1. The summed E-state index contributed by atoms with van der Waals surface area (Å²) in [5.41, 5.74) is 4.50. The number of pyridine rings is 1. The van der Waals surface area contributed by atoms with E-state index in [2.05, 4.69) is 10.6 Å². The summed E-state index contributed by atoms with van der Waals surface area (Å²) in [5.74, 6) is 0.0657. The third-order valence-electron chi connectivity index (χ3n) is 5.89. The largest absolute Gasteiger partial charge is 0.454 e. The Labute approximate surface area is 207 Å². The van der Waals surface area contributed by atoms with Crippen LogP contribution in [0.25, 0.3) is 22.6 Å². The number of benzene rings is 2. The molecule has 2 N–H and O–H groups in total. The van der Waals surface area contributed by atoms with E-state index in [0.29, 0.717) is 40.8 Å². The van der Waals surface area contributed by atoms with Gasteiger partial charge in [-0.25, -0.2) is 14.6 Å². The molecule has 0 saturated carbocycles. The molecular weight excluding hydrogens is 462 g/mol. The van der Waals surface area contributed by atoms with Gasteiger partial charge in [0.2, 0.25) is 6.79 Å². The third-order valence-corrected chi connectivity index (χ3v) is 5.89. The maximum atomic E-state index is 13.2. The van der Waals surface area contributed by atoms with Gasteiger partial charge in [0.25, 0.3) is 5.91 Å². The number of urea groups is 1. The highest BCUT2D eigenvalue weighted by Crippen LogP contribution is 2.39. The standard InChI is InChI=1S/C27H25N3O6/c1-15(2)28-27(33)30-23(31)13-34-26(32)24-18-5-3-4-6-20(18)29-25-17(8-9-19(24)25)11-16-7-10-21-22(12-16)36-14-35-21/h3-7,10-12,15H,8-9,13-14H2,1-2H3,(H2,28,30,31,33)/b17-11+. The average Bonchev–Trinajstić information content (AvgIpc) is 3.47.